The molecule has 0 saturated heterocycles. The Hall–Kier alpha value is -1.95. The van der Waals surface area contributed by atoms with Gasteiger partial charge in [-0.15, -0.1) is 0 Å². The first kappa shape index (κ1) is 15.4. The molecule has 0 radical (unpaired) electrons. The fourth-order valence-corrected chi connectivity index (χ4v) is 2.32. The highest BCUT2D eigenvalue weighted by Crippen LogP contribution is 2.21. The third kappa shape index (κ3) is 3.58. The summed E-state index contributed by atoms with van der Waals surface area (Å²) in [7, 11) is 0. The van der Waals surface area contributed by atoms with Crippen LogP contribution in [0.3, 0.4) is 0 Å². The van der Waals surface area contributed by atoms with Gasteiger partial charge in [-0.25, -0.2) is 8.78 Å². The van der Waals surface area contributed by atoms with E-state index >= 15 is 0 Å². The maximum Gasteiger partial charge on any atom is 0.253 e. The first-order valence-electron chi connectivity index (χ1n) is 6.19. The third-order valence-corrected chi connectivity index (χ3v) is 3.52. The Morgan fingerprint density at radius 3 is 2.62 bits per heavy atom. The van der Waals surface area contributed by atoms with E-state index in [2.05, 4.69) is 21.2 Å². The summed E-state index contributed by atoms with van der Waals surface area (Å²) in [6, 6.07) is 7.27. The fourth-order valence-electron chi connectivity index (χ4n) is 1.94. The lowest BCUT2D eigenvalue weighted by molar-refractivity contribution is 0.0940. The van der Waals surface area contributed by atoms with Crippen molar-refractivity contribution in [3.63, 3.8) is 0 Å². The summed E-state index contributed by atoms with van der Waals surface area (Å²) >= 11 is 3.25. The van der Waals surface area contributed by atoms with Crippen molar-refractivity contribution < 1.29 is 13.6 Å². The average Bonchev–Trinajstić information content (AvgIpc) is 2.41. The van der Waals surface area contributed by atoms with Gasteiger partial charge < -0.3 is 11.1 Å². The Bertz CT molecular complexity index is 691. The van der Waals surface area contributed by atoms with Crippen molar-refractivity contribution in [1.82, 2.24) is 5.32 Å². The molecule has 2 aromatic carbocycles. The van der Waals surface area contributed by atoms with E-state index in [1.54, 1.807) is 25.1 Å². The molecule has 6 heteroatoms. The predicted molar refractivity (Wildman–Crippen MR) is 80.8 cm³/mol. The number of rotatable bonds is 3. The van der Waals surface area contributed by atoms with Gasteiger partial charge in [0.25, 0.3) is 5.91 Å². The molecule has 1 amide bonds. The van der Waals surface area contributed by atoms with Crippen molar-refractivity contribution in [2.45, 2.75) is 13.0 Å². The summed E-state index contributed by atoms with van der Waals surface area (Å²) < 4.78 is 27.6. The Morgan fingerprint density at radius 2 is 1.95 bits per heavy atom. The SMILES string of the molecule is CC(NC(=O)c1ccc(Br)cc1N)c1cc(F)ccc1F. The highest BCUT2D eigenvalue weighted by atomic mass is 79.9. The van der Waals surface area contributed by atoms with Gasteiger partial charge in [-0.3, -0.25) is 4.79 Å². The van der Waals surface area contributed by atoms with Gasteiger partial charge in [0, 0.05) is 15.7 Å². The first-order chi connectivity index (χ1) is 9.88. The van der Waals surface area contributed by atoms with Crippen molar-refractivity contribution in [3.05, 3.63) is 63.6 Å². The molecule has 21 heavy (non-hydrogen) atoms. The molecule has 0 aromatic heterocycles. The van der Waals surface area contributed by atoms with Crippen LogP contribution in [0.5, 0.6) is 0 Å². The molecular weight excluding hydrogens is 342 g/mol. The van der Waals surface area contributed by atoms with Gasteiger partial charge in [-0.2, -0.15) is 0 Å². The topological polar surface area (TPSA) is 55.1 Å². The fraction of sp³-hybridized carbons (Fsp3) is 0.133. The van der Waals surface area contributed by atoms with Crippen LogP contribution in [-0.4, -0.2) is 5.91 Å². The highest BCUT2D eigenvalue weighted by molar-refractivity contribution is 9.10. The zero-order valence-electron chi connectivity index (χ0n) is 11.2. The molecular formula is C15H13BrF2N2O. The largest absolute Gasteiger partial charge is 0.398 e. The lowest BCUT2D eigenvalue weighted by atomic mass is 10.1. The number of carbonyl (C=O) groups is 1. The van der Waals surface area contributed by atoms with Crippen molar-refractivity contribution in [1.29, 1.82) is 0 Å². The monoisotopic (exact) mass is 354 g/mol. The van der Waals surface area contributed by atoms with Crippen LogP contribution in [0.25, 0.3) is 0 Å². The van der Waals surface area contributed by atoms with Gasteiger partial charge in [-0.1, -0.05) is 15.9 Å². The molecule has 0 fully saturated rings. The molecule has 3 nitrogen and oxygen atoms in total. The maximum absolute atomic E-state index is 13.7. The zero-order valence-corrected chi connectivity index (χ0v) is 12.7. The molecule has 2 aromatic rings. The van der Waals surface area contributed by atoms with Crippen LogP contribution >= 0.6 is 15.9 Å². The number of hydrogen-bond donors (Lipinski definition) is 2. The maximum atomic E-state index is 13.7. The average molecular weight is 355 g/mol. The van der Waals surface area contributed by atoms with Crippen molar-refractivity contribution in [3.8, 4) is 0 Å². The van der Waals surface area contributed by atoms with Crippen LogP contribution in [0.1, 0.15) is 28.9 Å². The molecule has 1 unspecified atom stereocenters. The van der Waals surface area contributed by atoms with E-state index in [-0.39, 0.29) is 11.1 Å². The molecule has 110 valence electrons. The number of nitrogen functional groups attached to an aromatic ring is 1. The van der Waals surface area contributed by atoms with Crippen LogP contribution in [0.4, 0.5) is 14.5 Å². The van der Waals surface area contributed by atoms with Gasteiger partial charge in [0.1, 0.15) is 11.6 Å². The van der Waals surface area contributed by atoms with Crippen LogP contribution in [0.2, 0.25) is 0 Å². The number of benzene rings is 2. The van der Waals surface area contributed by atoms with Gasteiger partial charge in [-0.05, 0) is 43.3 Å². The zero-order chi connectivity index (χ0) is 15.6. The summed E-state index contributed by atoms with van der Waals surface area (Å²) in [5, 5.41) is 2.60. The Labute approximate surface area is 129 Å². The summed E-state index contributed by atoms with van der Waals surface area (Å²) in [5.74, 6) is -1.58. The van der Waals surface area contributed by atoms with Gasteiger partial charge in [0.15, 0.2) is 0 Å². The summed E-state index contributed by atoms with van der Waals surface area (Å²) in [6.07, 6.45) is 0. The molecule has 0 heterocycles. The van der Waals surface area contributed by atoms with E-state index in [1.165, 1.54) is 0 Å². The Morgan fingerprint density at radius 1 is 1.24 bits per heavy atom. The van der Waals surface area contributed by atoms with Crippen molar-refractivity contribution in [2.24, 2.45) is 0 Å². The van der Waals surface area contributed by atoms with E-state index in [1.807, 2.05) is 0 Å². The second-order valence-electron chi connectivity index (χ2n) is 4.59. The van der Waals surface area contributed by atoms with Crippen molar-refractivity contribution in [2.75, 3.05) is 5.73 Å². The Kier molecular flexibility index (Phi) is 4.57. The van der Waals surface area contributed by atoms with Crippen LogP contribution < -0.4 is 11.1 Å². The molecule has 0 spiro atoms. The minimum atomic E-state index is -0.684. The van der Waals surface area contributed by atoms with E-state index in [9.17, 15) is 13.6 Å². The van der Waals surface area contributed by atoms with E-state index in [0.29, 0.717) is 5.69 Å². The lowest BCUT2D eigenvalue weighted by Gasteiger charge is -2.16. The van der Waals surface area contributed by atoms with Crippen molar-refractivity contribution >= 4 is 27.5 Å². The number of nitrogens with two attached hydrogens (primary N) is 1. The number of anilines is 1. The quantitative estimate of drug-likeness (QED) is 0.823. The van der Waals surface area contributed by atoms with Gasteiger partial charge in [0.05, 0.1) is 11.6 Å². The standard InChI is InChI=1S/C15H13BrF2N2O/c1-8(12-7-10(17)3-5-13(12)18)20-15(21)11-4-2-9(16)6-14(11)19/h2-8H,19H2,1H3,(H,20,21). The lowest BCUT2D eigenvalue weighted by Crippen LogP contribution is -2.28. The van der Waals surface area contributed by atoms with E-state index in [0.717, 1.165) is 22.7 Å². The molecule has 1 atom stereocenters. The molecule has 0 aliphatic carbocycles. The Balaban J connectivity index is 2.20. The van der Waals surface area contributed by atoms with E-state index in [4.69, 9.17) is 5.73 Å². The minimum absolute atomic E-state index is 0.0824. The number of amides is 1. The molecule has 0 aliphatic heterocycles. The number of carbonyl (C=O) groups excluding carboxylic acids is 1. The second-order valence-corrected chi connectivity index (χ2v) is 5.51. The normalized spacial score (nSPS) is 12.0. The summed E-state index contributed by atoms with van der Waals surface area (Å²) in [4.78, 5) is 12.1. The van der Waals surface area contributed by atoms with Crippen LogP contribution in [0, 0.1) is 11.6 Å². The number of hydrogen-bond acceptors (Lipinski definition) is 2. The van der Waals surface area contributed by atoms with Crippen LogP contribution in [-0.2, 0) is 0 Å². The number of nitrogens with one attached hydrogen (secondary N) is 1. The molecule has 0 aliphatic rings. The molecule has 3 N–H and O–H groups in total. The highest BCUT2D eigenvalue weighted by Gasteiger charge is 2.17. The molecule has 0 saturated carbocycles. The number of halogens is 3. The summed E-state index contributed by atoms with van der Waals surface area (Å²) in [5.41, 5.74) is 6.43. The van der Waals surface area contributed by atoms with Crippen LogP contribution in [0.15, 0.2) is 40.9 Å². The summed E-state index contributed by atoms with van der Waals surface area (Å²) in [6.45, 7) is 1.57. The third-order valence-electron chi connectivity index (χ3n) is 3.03. The molecule has 0 bridgehead atoms. The predicted octanol–water partition coefficient (Wildman–Crippen LogP) is 3.80. The molecule has 2 rings (SSSR count). The minimum Gasteiger partial charge on any atom is -0.398 e. The second kappa shape index (κ2) is 6.22. The van der Waals surface area contributed by atoms with Gasteiger partial charge in [0.2, 0.25) is 0 Å². The van der Waals surface area contributed by atoms with Gasteiger partial charge >= 0.3 is 0 Å². The van der Waals surface area contributed by atoms with E-state index < -0.39 is 23.6 Å². The smallest absolute Gasteiger partial charge is 0.253 e. The first-order valence-corrected chi connectivity index (χ1v) is 6.98.